The van der Waals surface area contributed by atoms with Gasteiger partial charge in [0.1, 0.15) is 5.65 Å². The Morgan fingerprint density at radius 1 is 1.46 bits per heavy atom. The molecular weight excluding hydrogens is 332 g/mol. The zero-order valence-corrected chi connectivity index (χ0v) is 15.3. The van der Waals surface area contributed by atoms with E-state index in [0.29, 0.717) is 18.4 Å². The molecule has 2 atom stereocenters. The number of H-pyrrole nitrogens is 1. The fourth-order valence-electron chi connectivity index (χ4n) is 3.71. The molecule has 26 heavy (non-hydrogen) atoms. The molecule has 3 N–H and O–H groups in total. The molecule has 1 aliphatic rings. The van der Waals surface area contributed by atoms with Crippen LogP contribution in [0.3, 0.4) is 0 Å². The SMILES string of the molecule is CCOc1nc(Nc2cnn(C3CCCC3(C)O)c2C)nc2[nH]ccc12. The molecule has 4 rings (SSSR count). The minimum Gasteiger partial charge on any atom is -0.477 e. The minimum atomic E-state index is -0.726. The predicted molar refractivity (Wildman–Crippen MR) is 98.8 cm³/mol. The summed E-state index contributed by atoms with van der Waals surface area (Å²) in [5, 5.41) is 19.2. The van der Waals surface area contributed by atoms with Gasteiger partial charge in [0.2, 0.25) is 11.8 Å². The van der Waals surface area contributed by atoms with Crippen LogP contribution in [-0.4, -0.2) is 42.0 Å². The summed E-state index contributed by atoms with van der Waals surface area (Å²) in [7, 11) is 0. The lowest BCUT2D eigenvalue weighted by molar-refractivity contribution is 0.0214. The average molecular weight is 356 g/mol. The molecule has 3 aromatic rings. The fraction of sp³-hybridized carbons (Fsp3) is 0.500. The average Bonchev–Trinajstić information content (AvgIpc) is 3.28. The minimum absolute atomic E-state index is 0.0103. The van der Waals surface area contributed by atoms with E-state index in [2.05, 4.69) is 25.4 Å². The lowest BCUT2D eigenvalue weighted by Crippen LogP contribution is -2.32. The van der Waals surface area contributed by atoms with Crippen LogP contribution >= 0.6 is 0 Å². The van der Waals surface area contributed by atoms with Crippen molar-refractivity contribution in [1.82, 2.24) is 24.7 Å². The molecule has 0 amide bonds. The molecule has 0 aromatic carbocycles. The largest absolute Gasteiger partial charge is 0.477 e. The summed E-state index contributed by atoms with van der Waals surface area (Å²) in [6.45, 7) is 6.33. The van der Waals surface area contributed by atoms with Gasteiger partial charge in [0.15, 0.2) is 0 Å². The van der Waals surface area contributed by atoms with E-state index >= 15 is 0 Å². The quantitative estimate of drug-likeness (QED) is 0.649. The molecule has 3 heterocycles. The Hall–Kier alpha value is -2.61. The van der Waals surface area contributed by atoms with Crippen LogP contribution in [0.1, 0.15) is 44.8 Å². The highest BCUT2D eigenvalue weighted by Crippen LogP contribution is 2.40. The number of anilines is 2. The van der Waals surface area contributed by atoms with Crippen molar-refractivity contribution < 1.29 is 9.84 Å². The number of hydrogen-bond acceptors (Lipinski definition) is 6. The summed E-state index contributed by atoms with van der Waals surface area (Å²) in [5.74, 6) is 0.995. The molecule has 2 unspecified atom stereocenters. The second kappa shape index (κ2) is 6.28. The zero-order chi connectivity index (χ0) is 18.3. The Morgan fingerprint density at radius 3 is 3.04 bits per heavy atom. The number of rotatable bonds is 5. The smallest absolute Gasteiger partial charge is 0.232 e. The number of ether oxygens (including phenoxy) is 1. The number of aromatic amines is 1. The number of aromatic nitrogens is 5. The molecule has 1 fully saturated rings. The maximum atomic E-state index is 10.6. The van der Waals surface area contributed by atoms with Gasteiger partial charge >= 0.3 is 0 Å². The van der Waals surface area contributed by atoms with Crippen LogP contribution < -0.4 is 10.1 Å². The fourth-order valence-corrected chi connectivity index (χ4v) is 3.71. The van der Waals surface area contributed by atoms with Crippen LogP contribution in [0.25, 0.3) is 11.0 Å². The molecule has 1 aliphatic carbocycles. The molecule has 3 aromatic heterocycles. The first-order valence-corrected chi connectivity index (χ1v) is 9.01. The summed E-state index contributed by atoms with van der Waals surface area (Å²) >= 11 is 0. The Kier molecular flexibility index (Phi) is 4.07. The van der Waals surface area contributed by atoms with E-state index in [-0.39, 0.29) is 6.04 Å². The van der Waals surface area contributed by atoms with Gasteiger partial charge in [-0.2, -0.15) is 15.1 Å². The normalized spacial score (nSPS) is 22.8. The molecule has 8 nitrogen and oxygen atoms in total. The molecule has 1 saturated carbocycles. The van der Waals surface area contributed by atoms with E-state index in [0.717, 1.165) is 41.7 Å². The molecule has 0 spiro atoms. The monoisotopic (exact) mass is 356 g/mol. The van der Waals surface area contributed by atoms with Gasteiger partial charge in [-0.15, -0.1) is 0 Å². The third kappa shape index (κ3) is 2.80. The highest BCUT2D eigenvalue weighted by Gasteiger charge is 2.39. The number of aliphatic hydroxyl groups is 1. The van der Waals surface area contributed by atoms with Gasteiger partial charge < -0.3 is 20.1 Å². The Balaban J connectivity index is 1.65. The van der Waals surface area contributed by atoms with E-state index in [1.807, 2.05) is 37.7 Å². The first-order chi connectivity index (χ1) is 12.5. The third-order valence-corrected chi connectivity index (χ3v) is 5.13. The summed E-state index contributed by atoms with van der Waals surface area (Å²) in [5.41, 5.74) is 1.76. The van der Waals surface area contributed by atoms with Gasteiger partial charge in [-0.1, -0.05) is 0 Å². The summed E-state index contributed by atoms with van der Waals surface area (Å²) in [6.07, 6.45) is 6.30. The third-order valence-electron chi connectivity index (χ3n) is 5.13. The van der Waals surface area contributed by atoms with E-state index < -0.39 is 5.60 Å². The maximum Gasteiger partial charge on any atom is 0.232 e. The van der Waals surface area contributed by atoms with Crippen LogP contribution in [0.15, 0.2) is 18.5 Å². The van der Waals surface area contributed by atoms with Crippen molar-refractivity contribution in [3.8, 4) is 5.88 Å². The van der Waals surface area contributed by atoms with Crippen molar-refractivity contribution in [1.29, 1.82) is 0 Å². The standard InChI is InChI=1S/C18H24N6O2/c1-4-26-16-12-7-9-19-15(12)22-17(23-16)21-13-10-20-24(11(13)2)14-6-5-8-18(14,3)25/h7,9-10,14,25H,4-6,8H2,1-3H3,(H2,19,21,22,23). The summed E-state index contributed by atoms with van der Waals surface area (Å²) in [4.78, 5) is 12.1. The molecule has 0 saturated heterocycles. The number of nitrogens with zero attached hydrogens (tertiary/aromatic N) is 4. The molecule has 8 heteroatoms. The van der Waals surface area contributed by atoms with Crippen LogP contribution in [0.2, 0.25) is 0 Å². The van der Waals surface area contributed by atoms with Crippen LogP contribution in [0, 0.1) is 6.92 Å². The van der Waals surface area contributed by atoms with Crippen molar-refractivity contribution in [2.24, 2.45) is 0 Å². The van der Waals surface area contributed by atoms with E-state index in [1.165, 1.54) is 0 Å². The van der Waals surface area contributed by atoms with Gasteiger partial charge in [-0.05, 0) is 46.1 Å². The topological polar surface area (TPSA) is 101 Å². The lowest BCUT2D eigenvalue weighted by atomic mass is 10.0. The van der Waals surface area contributed by atoms with Crippen molar-refractivity contribution in [2.75, 3.05) is 11.9 Å². The number of fused-ring (bicyclic) bond motifs is 1. The van der Waals surface area contributed by atoms with Crippen molar-refractivity contribution >= 4 is 22.7 Å². The van der Waals surface area contributed by atoms with Gasteiger partial charge in [-0.3, -0.25) is 4.68 Å². The number of nitrogens with one attached hydrogen (secondary N) is 2. The Bertz CT molecular complexity index is 929. The first-order valence-electron chi connectivity index (χ1n) is 9.01. The van der Waals surface area contributed by atoms with E-state index in [9.17, 15) is 5.11 Å². The van der Waals surface area contributed by atoms with Crippen molar-refractivity contribution in [3.63, 3.8) is 0 Å². The summed E-state index contributed by atoms with van der Waals surface area (Å²) in [6, 6.07) is 1.89. The van der Waals surface area contributed by atoms with Crippen LogP contribution in [0.4, 0.5) is 11.6 Å². The zero-order valence-electron chi connectivity index (χ0n) is 15.3. The van der Waals surface area contributed by atoms with Gasteiger partial charge in [0.05, 0.1) is 41.2 Å². The highest BCUT2D eigenvalue weighted by molar-refractivity contribution is 5.82. The van der Waals surface area contributed by atoms with Crippen molar-refractivity contribution in [3.05, 3.63) is 24.2 Å². The Labute approximate surface area is 151 Å². The van der Waals surface area contributed by atoms with Gasteiger partial charge in [0, 0.05) is 6.20 Å². The molecule has 0 aliphatic heterocycles. The maximum absolute atomic E-state index is 10.6. The number of hydrogen-bond donors (Lipinski definition) is 3. The second-order valence-electron chi connectivity index (χ2n) is 7.00. The van der Waals surface area contributed by atoms with Crippen LogP contribution in [0.5, 0.6) is 5.88 Å². The van der Waals surface area contributed by atoms with Gasteiger partial charge in [-0.25, -0.2) is 0 Å². The van der Waals surface area contributed by atoms with E-state index in [1.54, 1.807) is 6.20 Å². The first kappa shape index (κ1) is 16.8. The van der Waals surface area contributed by atoms with Crippen LogP contribution in [-0.2, 0) is 0 Å². The lowest BCUT2D eigenvalue weighted by Gasteiger charge is -2.26. The van der Waals surface area contributed by atoms with Gasteiger partial charge in [0.25, 0.3) is 0 Å². The second-order valence-corrected chi connectivity index (χ2v) is 7.00. The van der Waals surface area contributed by atoms with Crippen molar-refractivity contribution in [2.45, 2.75) is 51.7 Å². The van der Waals surface area contributed by atoms with E-state index in [4.69, 9.17) is 4.74 Å². The molecular formula is C18H24N6O2. The molecule has 0 radical (unpaired) electrons. The highest BCUT2D eigenvalue weighted by atomic mass is 16.5. The summed E-state index contributed by atoms with van der Waals surface area (Å²) < 4.78 is 7.54. The predicted octanol–water partition coefficient (Wildman–Crippen LogP) is 3.08. The molecule has 138 valence electrons. The molecule has 0 bridgehead atoms. The Morgan fingerprint density at radius 2 is 2.31 bits per heavy atom.